The van der Waals surface area contributed by atoms with Gasteiger partial charge in [0.05, 0.1) is 21.9 Å². The van der Waals surface area contributed by atoms with Crippen molar-refractivity contribution in [2.45, 2.75) is 11.8 Å². The monoisotopic (exact) mass is 470 g/mol. The first-order valence-corrected chi connectivity index (χ1v) is 11.3. The molecule has 1 amide bonds. The Kier molecular flexibility index (Phi) is 6.38. The van der Waals surface area contributed by atoms with Gasteiger partial charge in [0, 0.05) is 11.4 Å². The van der Waals surface area contributed by atoms with Crippen molar-refractivity contribution in [3.8, 4) is 5.75 Å². The van der Waals surface area contributed by atoms with Crippen molar-refractivity contribution in [1.82, 2.24) is 0 Å². The molecule has 0 saturated carbocycles. The smallest absolute Gasteiger partial charge is 0.262 e. The highest BCUT2D eigenvalue weighted by Gasteiger charge is 2.20. The summed E-state index contributed by atoms with van der Waals surface area (Å²) in [7, 11) is -2.35. The number of sulfonamides is 1. The first kappa shape index (κ1) is 21.4. The molecule has 1 heterocycles. The molecule has 1 aromatic heterocycles. The van der Waals surface area contributed by atoms with E-state index in [0.717, 1.165) is 11.3 Å². The second-order valence-electron chi connectivity index (χ2n) is 6.01. The third-order valence-electron chi connectivity index (χ3n) is 3.98. The minimum atomic E-state index is -3.88. The number of anilines is 2. The van der Waals surface area contributed by atoms with Gasteiger partial charge in [-0.1, -0.05) is 29.3 Å². The van der Waals surface area contributed by atoms with E-state index in [2.05, 4.69) is 10.0 Å². The van der Waals surface area contributed by atoms with Gasteiger partial charge in [0.25, 0.3) is 15.9 Å². The molecule has 0 fully saturated rings. The molecule has 0 bridgehead atoms. The molecule has 10 heteroatoms. The molecule has 2 N–H and O–H groups in total. The molecule has 152 valence electrons. The fourth-order valence-electron chi connectivity index (χ4n) is 2.53. The van der Waals surface area contributed by atoms with Crippen LogP contribution in [0.4, 0.5) is 11.4 Å². The summed E-state index contributed by atoms with van der Waals surface area (Å²) in [6, 6.07) is 12.6. The van der Waals surface area contributed by atoms with Gasteiger partial charge >= 0.3 is 0 Å². The van der Waals surface area contributed by atoms with E-state index in [4.69, 9.17) is 27.9 Å². The Labute approximate surface area is 182 Å². The maximum absolute atomic E-state index is 12.9. The van der Waals surface area contributed by atoms with Gasteiger partial charge in [0.2, 0.25) is 0 Å². The predicted octanol–water partition coefficient (Wildman–Crippen LogP) is 5.43. The molecule has 3 aromatic rings. The summed E-state index contributed by atoms with van der Waals surface area (Å²) < 4.78 is 33.9. The number of ether oxygens (including phenoxy) is 1. The summed E-state index contributed by atoms with van der Waals surface area (Å²) in [6.07, 6.45) is 0. The maximum atomic E-state index is 12.9. The van der Waals surface area contributed by atoms with Gasteiger partial charge < -0.3 is 10.1 Å². The summed E-state index contributed by atoms with van der Waals surface area (Å²) in [5.74, 6) is 0.134. The van der Waals surface area contributed by atoms with Crippen LogP contribution < -0.4 is 14.8 Å². The van der Waals surface area contributed by atoms with E-state index < -0.39 is 15.9 Å². The van der Waals surface area contributed by atoms with E-state index in [1.54, 1.807) is 43.3 Å². The van der Waals surface area contributed by atoms with Gasteiger partial charge in [-0.2, -0.15) is 0 Å². The third kappa shape index (κ3) is 5.02. The topological polar surface area (TPSA) is 84.5 Å². The molecule has 29 heavy (non-hydrogen) atoms. The average Bonchev–Trinajstić information content (AvgIpc) is 3.01. The Balaban J connectivity index is 1.85. The lowest BCUT2D eigenvalue weighted by molar-refractivity contribution is 0.102. The van der Waals surface area contributed by atoms with Gasteiger partial charge in [0.1, 0.15) is 10.1 Å². The summed E-state index contributed by atoms with van der Waals surface area (Å²) in [5, 5.41) is 2.65. The van der Waals surface area contributed by atoms with Crippen LogP contribution in [0.5, 0.6) is 5.75 Å². The number of nitrogens with one attached hydrogen (secondary N) is 2. The van der Waals surface area contributed by atoms with Crippen LogP contribution in [-0.4, -0.2) is 21.4 Å². The zero-order valence-electron chi connectivity index (χ0n) is 15.3. The van der Waals surface area contributed by atoms with Crippen molar-refractivity contribution >= 4 is 61.8 Å². The zero-order valence-corrected chi connectivity index (χ0v) is 18.5. The third-order valence-corrected chi connectivity index (χ3v) is 6.99. The molecule has 0 saturated heterocycles. The molecule has 0 aliphatic carbocycles. The number of amides is 1. The number of carbonyl (C=O) groups excluding carboxylic acids is 1. The van der Waals surface area contributed by atoms with Gasteiger partial charge in [0.15, 0.2) is 0 Å². The van der Waals surface area contributed by atoms with Crippen molar-refractivity contribution in [2.24, 2.45) is 0 Å². The summed E-state index contributed by atoms with van der Waals surface area (Å²) in [5.41, 5.74) is 1.46. The Morgan fingerprint density at radius 1 is 1.03 bits per heavy atom. The first-order valence-electron chi connectivity index (χ1n) is 8.23. The molecular weight excluding hydrogens is 455 g/mol. The highest BCUT2D eigenvalue weighted by atomic mass is 35.5. The number of thiophene rings is 1. The predicted molar refractivity (Wildman–Crippen MR) is 117 cm³/mol. The van der Waals surface area contributed by atoms with Crippen LogP contribution in [0.25, 0.3) is 0 Å². The summed E-state index contributed by atoms with van der Waals surface area (Å²) in [4.78, 5) is 12.5. The van der Waals surface area contributed by atoms with E-state index in [9.17, 15) is 13.2 Å². The lowest BCUT2D eigenvalue weighted by Crippen LogP contribution is -2.16. The second-order valence-corrected chi connectivity index (χ2v) is 9.94. The van der Waals surface area contributed by atoms with Gasteiger partial charge in [-0.3, -0.25) is 9.52 Å². The highest BCUT2D eigenvalue weighted by Crippen LogP contribution is 2.32. The van der Waals surface area contributed by atoms with Crippen LogP contribution in [-0.2, 0) is 10.0 Å². The van der Waals surface area contributed by atoms with Crippen molar-refractivity contribution in [3.63, 3.8) is 0 Å². The number of methoxy groups -OCH3 is 1. The minimum Gasteiger partial charge on any atom is -0.497 e. The van der Waals surface area contributed by atoms with Gasteiger partial charge in [-0.25, -0.2) is 8.42 Å². The molecule has 6 nitrogen and oxygen atoms in total. The number of benzene rings is 2. The van der Waals surface area contributed by atoms with Crippen LogP contribution in [0.15, 0.2) is 53.4 Å². The van der Waals surface area contributed by atoms with Crippen molar-refractivity contribution in [3.05, 3.63) is 68.3 Å². The number of hydrogen-bond donors (Lipinski definition) is 2. The molecule has 0 unspecified atom stereocenters. The lowest BCUT2D eigenvalue weighted by Gasteiger charge is -2.13. The van der Waals surface area contributed by atoms with Crippen LogP contribution in [0.3, 0.4) is 0 Å². The van der Waals surface area contributed by atoms with E-state index in [-0.39, 0.29) is 14.8 Å². The van der Waals surface area contributed by atoms with Crippen molar-refractivity contribution in [2.75, 3.05) is 17.1 Å². The fraction of sp³-hybridized carbons (Fsp3) is 0.105. The Morgan fingerprint density at radius 3 is 2.28 bits per heavy atom. The molecule has 2 aromatic carbocycles. The number of halogens is 2. The SMILES string of the molecule is COc1ccc(NS(=O)(=O)c2cc(NC(=O)c3cc(Cl)sc3Cl)ccc2C)cc1. The van der Waals surface area contributed by atoms with Crippen molar-refractivity contribution in [1.29, 1.82) is 0 Å². The molecule has 0 radical (unpaired) electrons. The summed E-state index contributed by atoms with van der Waals surface area (Å²) in [6.45, 7) is 1.67. The van der Waals surface area contributed by atoms with Crippen LogP contribution in [0.2, 0.25) is 8.67 Å². The lowest BCUT2D eigenvalue weighted by atomic mass is 10.2. The Morgan fingerprint density at radius 2 is 1.69 bits per heavy atom. The molecule has 3 rings (SSSR count). The number of hydrogen-bond acceptors (Lipinski definition) is 5. The average molecular weight is 471 g/mol. The van der Waals surface area contributed by atoms with Crippen LogP contribution in [0, 0.1) is 6.92 Å². The van der Waals surface area contributed by atoms with Crippen LogP contribution in [0.1, 0.15) is 15.9 Å². The second kappa shape index (κ2) is 8.62. The van der Waals surface area contributed by atoms with E-state index in [0.29, 0.717) is 27.0 Å². The molecular formula is C19H16Cl2N2O4S2. The molecule has 0 atom stereocenters. The fourth-order valence-corrected chi connectivity index (χ4v) is 5.32. The van der Waals surface area contributed by atoms with Crippen molar-refractivity contribution < 1.29 is 17.9 Å². The zero-order chi connectivity index (χ0) is 21.2. The molecule has 0 aliphatic heterocycles. The molecule has 0 aliphatic rings. The number of aryl methyl sites for hydroxylation is 1. The maximum Gasteiger partial charge on any atom is 0.262 e. The normalized spacial score (nSPS) is 11.2. The van der Waals surface area contributed by atoms with E-state index in [1.807, 2.05) is 0 Å². The standard InChI is InChI=1S/C19H16Cl2N2O4S2/c1-11-3-4-13(22-19(24)15-10-17(20)28-18(15)21)9-16(11)29(25,26)23-12-5-7-14(27-2)8-6-12/h3-10,23H,1-2H3,(H,22,24). The molecule has 0 spiro atoms. The van der Waals surface area contributed by atoms with E-state index in [1.165, 1.54) is 19.2 Å². The summed E-state index contributed by atoms with van der Waals surface area (Å²) >= 11 is 13.0. The first-order chi connectivity index (χ1) is 13.7. The van der Waals surface area contributed by atoms with E-state index >= 15 is 0 Å². The Hall–Kier alpha value is -2.26. The quantitative estimate of drug-likeness (QED) is 0.503. The van der Waals surface area contributed by atoms with Gasteiger partial charge in [-0.15, -0.1) is 11.3 Å². The van der Waals surface area contributed by atoms with Gasteiger partial charge in [-0.05, 0) is 55.0 Å². The highest BCUT2D eigenvalue weighted by molar-refractivity contribution is 7.92. The number of carbonyl (C=O) groups is 1. The minimum absolute atomic E-state index is 0.0422. The number of rotatable bonds is 6. The largest absolute Gasteiger partial charge is 0.497 e. The van der Waals surface area contributed by atoms with Crippen LogP contribution >= 0.6 is 34.5 Å². The Bertz CT molecular complexity index is 1160.